The van der Waals surface area contributed by atoms with Crippen LogP contribution in [0, 0.1) is 0 Å². The highest BCUT2D eigenvalue weighted by atomic mass is 16.4. The Bertz CT molecular complexity index is 2600. The monoisotopic (exact) mass is 589 g/mol. The number of fused-ring (bicyclic) bond motifs is 2. The summed E-state index contributed by atoms with van der Waals surface area (Å²) >= 11 is 0. The van der Waals surface area contributed by atoms with Crippen LogP contribution in [0.15, 0.2) is 149 Å². The Morgan fingerprint density at radius 2 is 0.957 bits per heavy atom. The maximum absolute atomic E-state index is 6.26. The summed E-state index contributed by atoms with van der Waals surface area (Å²) in [5, 5.41) is 7.31. The fourth-order valence-electron chi connectivity index (χ4n) is 6.85. The lowest BCUT2D eigenvalue weighted by Gasteiger charge is -2.17. The van der Waals surface area contributed by atoms with Crippen LogP contribution < -0.4 is 0 Å². The number of hydrogen-bond acceptors (Lipinski definition) is 5. The molecule has 46 heavy (non-hydrogen) atoms. The Balaban J connectivity index is 1.24. The van der Waals surface area contributed by atoms with E-state index in [1.54, 1.807) is 0 Å². The van der Waals surface area contributed by atoms with E-state index in [0.29, 0.717) is 11.8 Å². The maximum Gasteiger partial charge on any atom is 0.227 e. The van der Waals surface area contributed by atoms with Gasteiger partial charge in [0.1, 0.15) is 11.0 Å². The Hall–Kier alpha value is -6.33. The van der Waals surface area contributed by atoms with E-state index in [2.05, 4.69) is 77.8 Å². The molecular weight excluding hydrogens is 566 g/mol. The molecule has 0 atom stereocenters. The van der Waals surface area contributed by atoms with Crippen molar-refractivity contribution in [3.8, 4) is 45.2 Å². The van der Waals surface area contributed by atoms with Crippen LogP contribution in [-0.2, 0) is 0 Å². The lowest BCUT2D eigenvalue weighted by Crippen LogP contribution is -1.91. The summed E-state index contributed by atoms with van der Waals surface area (Å²) in [7, 11) is 0. The molecule has 0 aliphatic carbocycles. The van der Waals surface area contributed by atoms with Gasteiger partial charge in [-0.3, -0.25) is 4.98 Å². The molecule has 3 aromatic heterocycles. The van der Waals surface area contributed by atoms with Crippen molar-refractivity contribution in [2.75, 3.05) is 0 Å². The van der Waals surface area contributed by atoms with E-state index in [1.165, 1.54) is 37.9 Å². The third-order valence-corrected chi connectivity index (χ3v) is 8.96. The molecule has 0 fully saturated rings. The van der Waals surface area contributed by atoms with Gasteiger partial charge in [-0.25, -0.2) is 9.97 Å². The Kier molecular flexibility index (Phi) is 5.22. The molecule has 214 valence electrons. The number of oxazole rings is 2. The number of benzene rings is 7. The zero-order chi connectivity index (χ0) is 30.2. The summed E-state index contributed by atoms with van der Waals surface area (Å²) in [5.74, 6) is 1.11. The SMILES string of the molecule is c1cncc(-c2ccc3ccc4c(-c5cc(-c6nc7ccccc7o6)cc(-c6nc7ccccc7o6)c5)ccc5ccc2c3c54)c1. The minimum absolute atomic E-state index is 0.555. The zero-order valence-electron chi connectivity index (χ0n) is 24.4. The molecule has 0 aliphatic rings. The second-order valence-electron chi connectivity index (χ2n) is 11.7. The second-order valence-corrected chi connectivity index (χ2v) is 11.7. The lowest BCUT2D eigenvalue weighted by atomic mass is 9.87. The van der Waals surface area contributed by atoms with Crippen LogP contribution in [-0.4, -0.2) is 15.0 Å². The molecule has 7 aromatic carbocycles. The van der Waals surface area contributed by atoms with Crippen LogP contribution in [0.3, 0.4) is 0 Å². The first-order chi connectivity index (χ1) is 22.8. The van der Waals surface area contributed by atoms with E-state index in [4.69, 9.17) is 18.8 Å². The predicted molar refractivity (Wildman–Crippen MR) is 185 cm³/mol. The number of rotatable bonds is 4. The second kappa shape index (κ2) is 9.58. The number of pyridine rings is 1. The van der Waals surface area contributed by atoms with E-state index in [1.807, 2.05) is 67.0 Å². The van der Waals surface area contributed by atoms with Crippen molar-refractivity contribution in [3.05, 3.63) is 140 Å². The molecule has 5 nitrogen and oxygen atoms in total. The van der Waals surface area contributed by atoms with Gasteiger partial charge in [-0.05, 0) is 97.5 Å². The van der Waals surface area contributed by atoms with Crippen LogP contribution >= 0.6 is 0 Å². The van der Waals surface area contributed by atoms with Gasteiger partial charge in [0.25, 0.3) is 0 Å². The van der Waals surface area contributed by atoms with Gasteiger partial charge in [0.05, 0.1) is 0 Å². The van der Waals surface area contributed by atoms with Gasteiger partial charge >= 0.3 is 0 Å². The molecule has 5 heteroatoms. The van der Waals surface area contributed by atoms with Gasteiger partial charge < -0.3 is 8.83 Å². The quantitative estimate of drug-likeness (QED) is 0.191. The largest absolute Gasteiger partial charge is 0.436 e. The fourth-order valence-corrected chi connectivity index (χ4v) is 6.85. The smallest absolute Gasteiger partial charge is 0.227 e. The molecule has 0 amide bonds. The first-order valence-corrected chi connectivity index (χ1v) is 15.3. The molecule has 0 saturated carbocycles. The van der Waals surface area contributed by atoms with E-state index in [-0.39, 0.29) is 0 Å². The van der Waals surface area contributed by atoms with Crippen LogP contribution in [0.2, 0.25) is 0 Å². The summed E-state index contributed by atoms with van der Waals surface area (Å²) < 4.78 is 12.5. The first kappa shape index (κ1) is 25.0. The summed E-state index contributed by atoms with van der Waals surface area (Å²) in [5.41, 5.74) is 9.28. The minimum Gasteiger partial charge on any atom is -0.436 e. The van der Waals surface area contributed by atoms with E-state index in [0.717, 1.165) is 50.0 Å². The molecule has 0 aliphatic heterocycles. The van der Waals surface area contributed by atoms with Gasteiger partial charge in [0, 0.05) is 29.1 Å². The maximum atomic E-state index is 6.26. The third-order valence-electron chi connectivity index (χ3n) is 8.96. The molecular formula is C41H23N3O2. The Morgan fingerprint density at radius 3 is 1.50 bits per heavy atom. The molecule has 3 heterocycles. The molecule has 0 saturated heterocycles. The standard InChI is InChI=1S/C41H23N3O2/c1-3-9-36-34(7-1)43-40(45-36)28-20-27(21-29(22-28)41-44-35-8-2-4-10-37(35)46-41)31-16-12-25-13-17-32-30(26-6-5-19-42-23-26)15-11-24-14-18-33(31)39(25)38(24)32/h1-23H. The summed E-state index contributed by atoms with van der Waals surface area (Å²) in [4.78, 5) is 14.1. The van der Waals surface area contributed by atoms with E-state index < -0.39 is 0 Å². The van der Waals surface area contributed by atoms with Gasteiger partial charge in [0.15, 0.2) is 11.2 Å². The van der Waals surface area contributed by atoms with Gasteiger partial charge in [0.2, 0.25) is 11.8 Å². The van der Waals surface area contributed by atoms with Crippen molar-refractivity contribution in [2.24, 2.45) is 0 Å². The number of aromatic nitrogens is 3. The predicted octanol–water partition coefficient (Wildman–Crippen LogP) is 10.9. The highest BCUT2D eigenvalue weighted by Crippen LogP contribution is 2.43. The normalized spacial score (nSPS) is 11.9. The van der Waals surface area contributed by atoms with Gasteiger partial charge in [-0.2, -0.15) is 0 Å². The van der Waals surface area contributed by atoms with Crippen molar-refractivity contribution < 1.29 is 8.83 Å². The van der Waals surface area contributed by atoms with Crippen molar-refractivity contribution in [3.63, 3.8) is 0 Å². The lowest BCUT2D eigenvalue weighted by molar-refractivity contribution is 0.617. The zero-order valence-corrected chi connectivity index (χ0v) is 24.4. The minimum atomic E-state index is 0.555. The number of para-hydroxylation sites is 4. The highest BCUT2D eigenvalue weighted by molar-refractivity contribution is 6.27. The molecule has 0 unspecified atom stereocenters. The fraction of sp³-hybridized carbons (Fsp3) is 0. The molecule has 0 bridgehead atoms. The van der Waals surface area contributed by atoms with Crippen molar-refractivity contribution in [2.45, 2.75) is 0 Å². The van der Waals surface area contributed by atoms with Crippen LogP contribution in [0.5, 0.6) is 0 Å². The van der Waals surface area contributed by atoms with E-state index >= 15 is 0 Å². The Morgan fingerprint density at radius 1 is 0.435 bits per heavy atom. The van der Waals surface area contributed by atoms with Crippen molar-refractivity contribution in [1.29, 1.82) is 0 Å². The van der Waals surface area contributed by atoms with Gasteiger partial charge in [-0.1, -0.05) is 78.9 Å². The average molecular weight is 590 g/mol. The highest BCUT2D eigenvalue weighted by Gasteiger charge is 2.19. The topological polar surface area (TPSA) is 65.0 Å². The van der Waals surface area contributed by atoms with Crippen LogP contribution in [0.1, 0.15) is 0 Å². The summed E-state index contributed by atoms with van der Waals surface area (Å²) in [6.45, 7) is 0. The number of hydrogen-bond donors (Lipinski definition) is 0. The summed E-state index contributed by atoms with van der Waals surface area (Å²) in [6.07, 6.45) is 3.75. The molecule has 10 rings (SSSR count). The molecule has 0 N–H and O–H groups in total. The summed E-state index contributed by atoms with van der Waals surface area (Å²) in [6, 6.07) is 44.0. The molecule has 0 spiro atoms. The van der Waals surface area contributed by atoms with Crippen molar-refractivity contribution in [1.82, 2.24) is 15.0 Å². The van der Waals surface area contributed by atoms with Crippen LogP contribution in [0.4, 0.5) is 0 Å². The van der Waals surface area contributed by atoms with Crippen molar-refractivity contribution >= 4 is 54.5 Å². The average Bonchev–Trinajstić information content (AvgIpc) is 3.76. The first-order valence-electron chi connectivity index (χ1n) is 15.3. The van der Waals surface area contributed by atoms with Crippen LogP contribution in [0.25, 0.3) is 99.7 Å². The van der Waals surface area contributed by atoms with E-state index in [9.17, 15) is 0 Å². The Labute approximate surface area is 262 Å². The molecule has 0 radical (unpaired) electrons. The molecule has 10 aromatic rings. The third kappa shape index (κ3) is 3.79. The number of nitrogens with zero attached hydrogens (tertiary/aromatic N) is 3. The van der Waals surface area contributed by atoms with Gasteiger partial charge in [-0.15, -0.1) is 0 Å².